The SMILES string of the molecule is O=C(Cc1nn[nH]n1)N1CCC2(CCC(C3c4ccccc4-c4cncn43)C2O)CC1. The van der Waals surface area contributed by atoms with E-state index in [1.54, 1.807) is 0 Å². The number of piperidine rings is 1. The Balaban J connectivity index is 1.19. The van der Waals surface area contributed by atoms with Crippen LogP contribution >= 0.6 is 0 Å². The molecule has 9 nitrogen and oxygen atoms in total. The Morgan fingerprint density at radius 3 is 2.87 bits per heavy atom. The fourth-order valence-electron chi connectivity index (χ4n) is 6.11. The Morgan fingerprint density at radius 1 is 1.23 bits per heavy atom. The van der Waals surface area contributed by atoms with E-state index in [1.165, 1.54) is 11.1 Å². The van der Waals surface area contributed by atoms with Crippen molar-refractivity contribution in [2.75, 3.05) is 13.1 Å². The third kappa shape index (κ3) is 2.83. The van der Waals surface area contributed by atoms with Crippen LogP contribution in [0.1, 0.15) is 43.1 Å². The maximum Gasteiger partial charge on any atom is 0.230 e. The summed E-state index contributed by atoms with van der Waals surface area (Å²) in [5, 5.41) is 25.2. The van der Waals surface area contributed by atoms with E-state index in [0.717, 1.165) is 31.4 Å². The molecule has 160 valence electrons. The quantitative estimate of drug-likeness (QED) is 0.667. The van der Waals surface area contributed by atoms with Gasteiger partial charge in [0.1, 0.15) is 0 Å². The molecule has 3 aromatic rings. The molecule has 2 N–H and O–H groups in total. The fourth-order valence-corrected chi connectivity index (χ4v) is 6.11. The van der Waals surface area contributed by atoms with E-state index in [-0.39, 0.29) is 29.7 Å². The highest BCUT2D eigenvalue weighted by atomic mass is 16.3. The number of tetrazole rings is 1. The van der Waals surface area contributed by atoms with Gasteiger partial charge in [-0.1, -0.05) is 29.5 Å². The van der Waals surface area contributed by atoms with Gasteiger partial charge in [0.2, 0.25) is 5.91 Å². The van der Waals surface area contributed by atoms with Crippen molar-refractivity contribution in [1.82, 2.24) is 35.1 Å². The van der Waals surface area contributed by atoms with Crippen molar-refractivity contribution in [3.63, 3.8) is 0 Å². The largest absolute Gasteiger partial charge is 0.392 e. The first-order valence-corrected chi connectivity index (χ1v) is 11.0. The molecule has 1 amide bonds. The number of hydrogen-bond donors (Lipinski definition) is 2. The van der Waals surface area contributed by atoms with Crippen LogP contribution in [0.5, 0.6) is 0 Å². The number of aliphatic hydroxyl groups excluding tert-OH is 1. The molecule has 1 saturated carbocycles. The van der Waals surface area contributed by atoms with E-state index in [1.807, 2.05) is 17.4 Å². The average molecular weight is 419 g/mol. The molecule has 4 heterocycles. The van der Waals surface area contributed by atoms with Crippen molar-refractivity contribution in [1.29, 1.82) is 0 Å². The number of nitrogens with one attached hydrogen (secondary N) is 1. The summed E-state index contributed by atoms with van der Waals surface area (Å²) in [6, 6.07) is 8.60. The molecule has 1 aromatic carbocycles. The summed E-state index contributed by atoms with van der Waals surface area (Å²) in [5.74, 6) is 0.591. The number of fused-ring (bicyclic) bond motifs is 3. The minimum atomic E-state index is -0.395. The molecule has 0 radical (unpaired) electrons. The Labute approximate surface area is 179 Å². The van der Waals surface area contributed by atoms with Gasteiger partial charge in [-0.2, -0.15) is 5.21 Å². The lowest BCUT2D eigenvalue weighted by Gasteiger charge is -2.42. The van der Waals surface area contributed by atoms with Crippen molar-refractivity contribution in [2.45, 2.75) is 44.2 Å². The third-order valence-corrected chi connectivity index (χ3v) is 7.75. The number of aromatic amines is 1. The molecule has 0 bridgehead atoms. The van der Waals surface area contributed by atoms with E-state index < -0.39 is 6.10 Å². The minimum absolute atomic E-state index is 0.0214. The lowest BCUT2D eigenvalue weighted by Crippen LogP contribution is -2.48. The Hall–Kier alpha value is -3.07. The zero-order valence-electron chi connectivity index (χ0n) is 17.2. The molecule has 3 atom stereocenters. The summed E-state index contributed by atoms with van der Waals surface area (Å²) < 4.78 is 2.24. The van der Waals surface area contributed by atoms with Gasteiger partial charge >= 0.3 is 0 Å². The number of benzene rings is 1. The molecule has 3 aliphatic rings. The predicted octanol–water partition coefficient (Wildman–Crippen LogP) is 1.59. The molecule has 31 heavy (non-hydrogen) atoms. The lowest BCUT2D eigenvalue weighted by atomic mass is 9.73. The number of H-pyrrole nitrogens is 1. The van der Waals surface area contributed by atoms with E-state index in [4.69, 9.17) is 0 Å². The van der Waals surface area contributed by atoms with Crippen molar-refractivity contribution >= 4 is 5.91 Å². The highest BCUT2D eigenvalue weighted by Crippen LogP contribution is 2.55. The number of aromatic nitrogens is 6. The molecule has 2 fully saturated rings. The van der Waals surface area contributed by atoms with Crippen LogP contribution in [-0.4, -0.2) is 65.3 Å². The van der Waals surface area contributed by atoms with Crippen LogP contribution in [0.3, 0.4) is 0 Å². The number of amides is 1. The van der Waals surface area contributed by atoms with Crippen molar-refractivity contribution < 1.29 is 9.90 Å². The number of hydrogen-bond acceptors (Lipinski definition) is 6. The predicted molar refractivity (Wildman–Crippen MR) is 111 cm³/mol. The second-order valence-corrected chi connectivity index (χ2v) is 9.11. The van der Waals surface area contributed by atoms with Gasteiger partial charge in [-0.15, -0.1) is 10.2 Å². The van der Waals surface area contributed by atoms with E-state index >= 15 is 0 Å². The highest BCUT2D eigenvalue weighted by molar-refractivity contribution is 5.78. The Morgan fingerprint density at radius 2 is 2.06 bits per heavy atom. The van der Waals surface area contributed by atoms with E-state index in [9.17, 15) is 9.90 Å². The smallest absolute Gasteiger partial charge is 0.230 e. The molecule has 1 saturated heterocycles. The molecule has 9 heteroatoms. The first-order valence-electron chi connectivity index (χ1n) is 11.0. The summed E-state index contributed by atoms with van der Waals surface area (Å²) in [6.07, 6.45) is 7.22. The standard InChI is InChI=1S/C22H25N7O2/c30-19(11-18-24-26-27-25-18)28-9-7-22(8-10-28)6-5-16(21(22)31)20-15-4-2-1-3-14(15)17-12-23-13-29(17)20/h1-4,12-13,16,20-21,31H,5-11H2,(H,24,25,26,27). The summed E-state index contributed by atoms with van der Waals surface area (Å²) >= 11 is 0. The Kier molecular flexibility index (Phi) is 4.21. The summed E-state index contributed by atoms with van der Waals surface area (Å²) in [6.45, 7) is 1.33. The van der Waals surface area contributed by atoms with Crippen LogP contribution in [0.2, 0.25) is 0 Å². The fraction of sp³-hybridized carbons (Fsp3) is 0.500. The number of carbonyl (C=O) groups is 1. The maximum atomic E-state index is 12.6. The zero-order chi connectivity index (χ0) is 21.0. The number of imidazole rings is 1. The molecule has 2 aliphatic heterocycles. The molecule has 1 aliphatic carbocycles. The topological polar surface area (TPSA) is 113 Å². The van der Waals surface area contributed by atoms with Gasteiger partial charge in [0.05, 0.1) is 36.8 Å². The number of carbonyl (C=O) groups excluding carboxylic acids is 1. The van der Waals surface area contributed by atoms with E-state index in [2.05, 4.69) is 54.4 Å². The van der Waals surface area contributed by atoms with Crippen LogP contribution in [0, 0.1) is 11.3 Å². The van der Waals surface area contributed by atoms with Crippen LogP contribution < -0.4 is 0 Å². The van der Waals surface area contributed by atoms with Crippen molar-refractivity contribution in [2.24, 2.45) is 11.3 Å². The highest BCUT2D eigenvalue weighted by Gasteiger charge is 2.53. The molecule has 6 rings (SSSR count). The van der Waals surface area contributed by atoms with Crippen LogP contribution in [0.15, 0.2) is 36.8 Å². The van der Waals surface area contributed by atoms with Crippen molar-refractivity contribution in [3.05, 3.63) is 48.2 Å². The molecular weight excluding hydrogens is 394 g/mol. The second kappa shape index (κ2) is 6.98. The zero-order valence-corrected chi connectivity index (χ0v) is 17.2. The van der Waals surface area contributed by atoms with Crippen LogP contribution in [0.25, 0.3) is 11.3 Å². The normalized spacial score (nSPS) is 26.2. The second-order valence-electron chi connectivity index (χ2n) is 9.11. The first-order chi connectivity index (χ1) is 15.2. The van der Waals surface area contributed by atoms with E-state index in [0.29, 0.717) is 18.9 Å². The summed E-state index contributed by atoms with van der Waals surface area (Å²) in [5.41, 5.74) is 3.52. The maximum absolute atomic E-state index is 12.6. The van der Waals surface area contributed by atoms with Gasteiger partial charge < -0.3 is 14.6 Å². The molecule has 1 spiro atoms. The van der Waals surface area contributed by atoms with Gasteiger partial charge in [0.25, 0.3) is 0 Å². The molecule has 3 unspecified atom stereocenters. The average Bonchev–Trinajstić information content (AvgIpc) is 3.56. The Bertz CT molecular complexity index is 1100. The molecular formula is C22H25N7O2. The third-order valence-electron chi connectivity index (χ3n) is 7.75. The van der Waals surface area contributed by atoms with Gasteiger partial charge in [-0.25, -0.2) is 4.98 Å². The summed E-state index contributed by atoms with van der Waals surface area (Å²) in [7, 11) is 0. The van der Waals surface area contributed by atoms with Gasteiger partial charge in [0, 0.05) is 30.0 Å². The number of aliphatic hydroxyl groups is 1. The van der Waals surface area contributed by atoms with Crippen LogP contribution in [-0.2, 0) is 11.2 Å². The minimum Gasteiger partial charge on any atom is -0.392 e. The van der Waals surface area contributed by atoms with Crippen LogP contribution in [0.4, 0.5) is 0 Å². The first kappa shape index (κ1) is 18.7. The number of likely N-dealkylation sites (tertiary alicyclic amines) is 1. The summed E-state index contributed by atoms with van der Waals surface area (Å²) in [4.78, 5) is 18.8. The van der Waals surface area contributed by atoms with Gasteiger partial charge in [0.15, 0.2) is 5.82 Å². The number of nitrogens with zero attached hydrogens (tertiary/aromatic N) is 6. The monoisotopic (exact) mass is 419 g/mol. The molecule has 2 aromatic heterocycles. The van der Waals surface area contributed by atoms with Gasteiger partial charge in [-0.3, -0.25) is 4.79 Å². The number of rotatable bonds is 3. The van der Waals surface area contributed by atoms with Crippen molar-refractivity contribution in [3.8, 4) is 11.3 Å². The lowest BCUT2D eigenvalue weighted by molar-refractivity contribution is -0.134. The van der Waals surface area contributed by atoms with Gasteiger partial charge in [-0.05, 0) is 31.2 Å².